The van der Waals surface area contributed by atoms with Gasteiger partial charge in [-0.3, -0.25) is 14.6 Å². The lowest BCUT2D eigenvalue weighted by atomic mass is 10.0. The molecule has 2 atom stereocenters. The normalized spacial score (nSPS) is 16.4. The van der Waals surface area contributed by atoms with Crippen LogP contribution in [0.3, 0.4) is 0 Å². The van der Waals surface area contributed by atoms with Crippen molar-refractivity contribution in [2.24, 2.45) is 0 Å². The van der Waals surface area contributed by atoms with E-state index in [2.05, 4.69) is 16.5 Å². The van der Waals surface area contributed by atoms with Crippen LogP contribution in [0.4, 0.5) is 5.82 Å². The molecule has 4 heterocycles. The summed E-state index contributed by atoms with van der Waals surface area (Å²) in [5.74, 6) is 0.0951. The van der Waals surface area contributed by atoms with Crippen molar-refractivity contribution in [3.8, 4) is 16.9 Å². The van der Waals surface area contributed by atoms with Crippen LogP contribution in [0.5, 0.6) is 0 Å². The Hall–Kier alpha value is -4.57. The van der Waals surface area contributed by atoms with Gasteiger partial charge in [0, 0.05) is 56.6 Å². The van der Waals surface area contributed by atoms with E-state index >= 15 is 0 Å². The average Bonchev–Trinajstić information content (AvgIpc) is 3.01. The molecular formula is C35H42ClN7O3. The number of pyridine rings is 2. The summed E-state index contributed by atoms with van der Waals surface area (Å²) in [6.07, 6.45) is 3.05. The van der Waals surface area contributed by atoms with Gasteiger partial charge in [-0.1, -0.05) is 57.7 Å². The van der Waals surface area contributed by atoms with E-state index in [0.29, 0.717) is 57.5 Å². The van der Waals surface area contributed by atoms with Gasteiger partial charge in [-0.05, 0) is 56.5 Å². The van der Waals surface area contributed by atoms with Gasteiger partial charge < -0.3 is 14.7 Å². The van der Waals surface area contributed by atoms with Crippen molar-refractivity contribution >= 4 is 40.3 Å². The van der Waals surface area contributed by atoms with E-state index in [-0.39, 0.29) is 37.2 Å². The molecule has 1 aliphatic rings. The molecule has 4 aromatic rings. The van der Waals surface area contributed by atoms with Gasteiger partial charge in [0.2, 0.25) is 5.91 Å². The minimum Gasteiger partial charge on any atom is -0.349 e. The van der Waals surface area contributed by atoms with Gasteiger partial charge in [0.15, 0.2) is 5.65 Å². The minimum atomic E-state index is -0.515. The lowest BCUT2D eigenvalue weighted by Gasteiger charge is -2.44. The summed E-state index contributed by atoms with van der Waals surface area (Å²) in [7, 11) is 3.38. The Morgan fingerprint density at radius 1 is 1.09 bits per heavy atom. The molecule has 0 bridgehead atoms. The van der Waals surface area contributed by atoms with Crippen molar-refractivity contribution in [2.75, 3.05) is 32.1 Å². The number of carbonyl (C=O) groups excluding carboxylic acids is 2. The number of piperazine rings is 1. The highest BCUT2D eigenvalue weighted by molar-refractivity contribution is 6.34. The largest absolute Gasteiger partial charge is 0.355 e. The summed E-state index contributed by atoms with van der Waals surface area (Å²) in [6.45, 7) is 14.4. The van der Waals surface area contributed by atoms with Crippen molar-refractivity contribution in [3.63, 3.8) is 0 Å². The van der Waals surface area contributed by atoms with Crippen LogP contribution in [0.15, 0.2) is 60.0 Å². The first-order valence-electron chi connectivity index (χ1n) is 15.0. The Labute approximate surface area is 275 Å². The third kappa shape index (κ3) is 6.01. The Kier molecular flexibility index (Phi) is 10.0. The molecule has 0 radical (unpaired) electrons. The monoisotopic (exact) mass is 643 g/mol. The highest BCUT2D eigenvalue weighted by Crippen LogP contribution is 2.37. The molecule has 10 nitrogen and oxygen atoms in total. The van der Waals surface area contributed by atoms with Crippen LogP contribution in [-0.4, -0.2) is 80.4 Å². The number of hydrogen-bond acceptors (Lipinski definition) is 7. The van der Waals surface area contributed by atoms with Crippen LogP contribution in [0.1, 0.15) is 62.7 Å². The van der Waals surface area contributed by atoms with E-state index in [4.69, 9.17) is 16.6 Å². The number of carbonyl (C=O) groups is 2. The highest BCUT2D eigenvalue weighted by atomic mass is 35.5. The summed E-state index contributed by atoms with van der Waals surface area (Å²) in [5.41, 5.74) is 3.37. The summed E-state index contributed by atoms with van der Waals surface area (Å²) >= 11 is 7.01. The third-order valence-corrected chi connectivity index (χ3v) is 8.55. The quantitative estimate of drug-likeness (QED) is 0.242. The number of benzene rings is 1. The van der Waals surface area contributed by atoms with Crippen LogP contribution in [-0.2, 0) is 4.79 Å². The number of anilines is 1. The lowest BCUT2D eigenvalue weighted by Crippen LogP contribution is -2.58. The Balaban J connectivity index is 0.00000480. The molecule has 242 valence electrons. The van der Waals surface area contributed by atoms with Gasteiger partial charge >= 0.3 is 5.69 Å². The van der Waals surface area contributed by atoms with Crippen molar-refractivity contribution in [3.05, 3.63) is 87.6 Å². The van der Waals surface area contributed by atoms with Gasteiger partial charge in [0.05, 0.1) is 27.5 Å². The molecule has 0 N–H and O–H groups in total. The fourth-order valence-corrected chi connectivity index (χ4v) is 6.22. The van der Waals surface area contributed by atoms with Crippen LogP contribution in [0.25, 0.3) is 28.0 Å². The summed E-state index contributed by atoms with van der Waals surface area (Å²) in [5, 5.41) is 0.878. The van der Waals surface area contributed by atoms with Gasteiger partial charge in [-0.15, -0.1) is 0 Å². The molecule has 0 spiro atoms. The molecule has 1 aromatic carbocycles. The maximum Gasteiger partial charge on any atom is 0.355 e. The zero-order valence-corrected chi connectivity index (χ0v) is 27.5. The minimum absolute atomic E-state index is 0. The SMILES string of the molecule is C.C=CC(=O)N1C[C@H](C)N(c2nc(=O)n(-c3c(C)ccnc3C(C)C)c3nc(-c4ccccc4C(=O)N(C)C)c(Cl)cc23)C[C@H]1C. The number of fused-ring (bicyclic) bond motifs is 1. The fraction of sp³-hybridized carbons (Fsp3) is 0.371. The van der Waals surface area contributed by atoms with E-state index in [1.54, 1.807) is 49.5 Å². The predicted octanol–water partition coefficient (Wildman–Crippen LogP) is 5.88. The topological polar surface area (TPSA) is 105 Å². The number of aryl methyl sites for hydroxylation is 1. The molecule has 0 aliphatic carbocycles. The zero-order chi connectivity index (χ0) is 32.7. The van der Waals surface area contributed by atoms with E-state index in [1.807, 2.05) is 51.7 Å². The first-order valence-corrected chi connectivity index (χ1v) is 15.3. The fourth-order valence-electron chi connectivity index (χ4n) is 5.96. The van der Waals surface area contributed by atoms with Gasteiger partial charge in [0.1, 0.15) is 5.82 Å². The Bertz CT molecular complexity index is 1880. The number of hydrogen-bond donors (Lipinski definition) is 0. The van der Waals surface area contributed by atoms with Crippen LogP contribution in [0, 0.1) is 6.92 Å². The van der Waals surface area contributed by atoms with Crippen molar-refractivity contribution in [2.45, 2.75) is 60.0 Å². The molecule has 1 aliphatic heterocycles. The summed E-state index contributed by atoms with van der Waals surface area (Å²) in [4.78, 5) is 59.6. The second kappa shape index (κ2) is 13.4. The first kappa shape index (κ1) is 34.3. The number of amides is 2. The second-order valence-electron chi connectivity index (χ2n) is 12.1. The molecule has 11 heteroatoms. The third-order valence-electron chi connectivity index (χ3n) is 8.26. The van der Waals surface area contributed by atoms with Gasteiger partial charge in [-0.25, -0.2) is 14.3 Å². The molecule has 1 fully saturated rings. The number of aromatic nitrogens is 4. The standard InChI is InChI=1S/C34H38ClN7O3.CH4/c1-9-27(43)40-17-22(6)41(18-21(40)5)31-25-16-26(35)29(23-12-10-11-13-24(23)33(44)39(7)8)37-32(25)42(34(45)38-31)30-20(4)14-15-36-28(30)19(2)3;/h9-16,19,21-22H,1,17-18H2,2-8H3;1H4/t21-,22+;/m1./s1. The smallest absolute Gasteiger partial charge is 0.349 e. The predicted molar refractivity (Wildman–Crippen MR) is 185 cm³/mol. The van der Waals surface area contributed by atoms with E-state index in [9.17, 15) is 14.4 Å². The molecular weight excluding hydrogens is 602 g/mol. The van der Waals surface area contributed by atoms with Crippen molar-refractivity contribution in [1.29, 1.82) is 0 Å². The van der Waals surface area contributed by atoms with Gasteiger partial charge in [0.25, 0.3) is 5.91 Å². The molecule has 0 unspecified atom stereocenters. The van der Waals surface area contributed by atoms with E-state index < -0.39 is 5.69 Å². The van der Waals surface area contributed by atoms with Crippen LogP contribution in [0.2, 0.25) is 5.02 Å². The van der Waals surface area contributed by atoms with E-state index in [0.717, 1.165) is 11.3 Å². The highest BCUT2D eigenvalue weighted by Gasteiger charge is 2.34. The molecule has 0 saturated carbocycles. The molecule has 2 amide bonds. The van der Waals surface area contributed by atoms with Crippen molar-refractivity contribution < 1.29 is 9.59 Å². The second-order valence-corrected chi connectivity index (χ2v) is 12.5. The van der Waals surface area contributed by atoms with Crippen molar-refractivity contribution in [1.82, 2.24) is 29.3 Å². The average molecular weight is 644 g/mol. The summed E-state index contributed by atoms with van der Waals surface area (Å²) < 4.78 is 1.51. The van der Waals surface area contributed by atoms with Gasteiger partial charge in [-0.2, -0.15) is 4.98 Å². The Morgan fingerprint density at radius 2 is 1.78 bits per heavy atom. The van der Waals surface area contributed by atoms with Crippen LogP contribution < -0.4 is 10.6 Å². The first-order chi connectivity index (χ1) is 21.3. The molecule has 3 aromatic heterocycles. The summed E-state index contributed by atoms with van der Waals surface area (Å²) in [6, 6.07) is 10.5. The Morgan fingerprint density at radius 3 is 2.43 bits per heavy atom. The number of rotatable bonds is 6. The van der Waals surface area contributed by atoms with Crippen LogP contribution >= 0.6 is 11.6 Å². The molecule has 1 saturated heterocycles. The molecule has 5 rings (SSSR count). The van der Waals surface area contributed by atoms with E-state index in [1.165, 1.54) is 15.5 Å². The maximum atomic E-state index is 14.2. The number of nitrogens with zero attached hydrogens (tertiary/aromatic N) is 7. The molecule has 46 heavy (non-hydrogen) atoms. The lowest BCUT2D eigenvalue weighted by molar-refractivity contribution is -0.128. The maximum absolute atomic E-state index is 14.2. The number of halogens is 1. The zero-order valence-electron chi connectivity index (χ0n) is 26.7.